The third kappa shape index (κ3) is 1.82. The highest BCUT2D eigenvalue weighted by Gasteiger charge is 2.39. The van der Waals surface area contributed by atoms with Gasteiger partial charge in [-0.15, -0.1) is 0 Å². The van der Waals surface area contributed by atoms with Crippen LogP contribution in [0.1, 0.15) is 12.8 Å². The molecule has 0 amide bonds. The molecule has 1 aliphatic heterocycles. The number of allylic oxidation sites excluding steroid dienone is 4. The fraction of sp³-hybridized carbons (Fsp3) is 0.429. The fourth-order valence-electron chi connectivity index (χ4n) is 2.88. The van der Waals surface area contributed by atoms with Crippen LogP contribution in [0.2, 0.25) is 0 Å². The number of ketones is 1. The molecule has 4 heteroatoms. The molecular formula is C14H15NO3. The van der Waals surface area contributed by atoms with Crippen LogP contribution in [0.25, 0.3) is 0 Å². The summed E-state index contributed by atoms with van der Waals surface area (Å²) in [6.45, 7) is 0.306. The molecule has 0 saturated heterocycles. The fourth-order valence-corrected chi connectivity index (χ4v) is 2.88. The van der Waals surface area contributed by atoms with Gasteiger partial charge in [-0.1, -0.05) is 12.2 Å². The second kappa shape index (κ2) is 4.53. The first-order valence-corrected chi connectivity index (χ1v) is 6.19. The van der Waals surface area contributed by atoms with Crippen molar-refractivity contribution >= 4 is 11.5 Å². The van der Waals surface area contributed by atoms with Crippen LogP contribution in [0.15, 0.2) is 40.6 Å². The average molecular weight is 245 g/mol. The van der Waals surface area contributed by atoms with Crippen molar-refractivity contribution in [3.8, 4) is 0 Å². The summed E-state index contributed by atoms with van der Waals surface area (Å²) in [5, 5.41) is 8.81. The normalized spacial score (nSPS) is 29.8. The van der Waals surface area contributed by atoms with Gasteiger partial charge in [0.2, 0.25) is 0 Å². The van der Waals surface area contributed by atoms with E-state index >= 15 is 0 Å². The van der Waals surface area contributed by atoms with E-state index in [1.54, 1.807) is 0 Å². The number of aliphatic imine (C=N–C) groups is 1. The minimum absolute atomic E-state index is 0.0211. The summed E-state index contributed by atoms with van der Waals surface area (Å²) < 4.78 is 5.11. The number of aliphatic hydroxyl groups is 1. The number of ether oxygens (including phenoxy) is 1. The molecule has 18 heavy (non-hydrogen) atoms. The molecule has 0 bridgehead atoms. The molecule has 1 heterocycles. The average Bonchev–Trinajstić information content (AvgIpc) is 2.63. The van der Waals surface area contributed by atoms with Crippen LogP contribution in [0.4, 0.5) is 0 Å². The predicted octanol–water partition coefficient (Wildman–Crippen LogP) is 1.38. The number of aliphatic hydroxyl groups excluding tert-OH is 1. The van der Waals surface area contributed by atoms with Gasteiger partial charge >= 0.3 is 0 Å². The maximum atomic E-state index is 12.0. The Labute approximate surface area is 105 Å². The number of hydrogen-bond donors (Lipinski definition) is 1. The van der Waals surface area contributed by atoms with E-state index in [0.717, 1.165) is 17.7 Å². The highest BCUT2D eigenvalue weighted by Crippen LogP contribution is 2.37. The first kappa shape index (κ1) is 11.4. The zero-order valence-electron chi connectivity index (χ0n) is 10.0. The van der Waals surface area contributed by atoms with Crippen LogP contribution in [0.3, 0.4) is 0 Å². The summed E-state index contributed by atoms with van der Waals surface area (Å²) in [6, 6.07) is 0. The van der Waals surface area contributed by atoms with E-state index in [1.165, 1.54) is 0 Å². The van der Waals surface area contributed by atoms with Crippen molar-refractivity contribution in [1.82, 2.24) is 0 Å². The summed E-state index contributed by atoms with van der Waals surface area (Å²) in [5.74, 6) is 0.788. The SMILES string of the molecule is O=C1CCC2=NCC=C3C=CC(OCO)=CC3C12. The summed E-state index contributed by atoms with van der Waals surface area (Å²) in [5.41, 5.74) is 2.14. The smallest absolute Gasteiger partial charge is 0.186 e. The Morgan fingerprint density at radius 3 is 3.11 bits per heavy atom. The van der Waals surface area contributed by atoms with Gasteiger partial charge in [-0.05, 0) is 24.1 Å². The molecule has 2 atom stereocenters. The third-order valence-corrected chi connectivity index (χ3v) is 3.71. The lowest BCUT2D eigenvalue weighted by atomic mass is 9.81. The minimum Gasteiger partial charge on any atom is -0.468 e. The second-order valence-corrected chi connectivity index (χ2v) is 4.68. The molecule has 0 spiro atoms. The highest BCUT2D eigenvalue weighted by molar-refractivity contribution is 6.12. The Morgan fingerprint density at radius 2 is 2.28 bits per heavy atom. The van der Waals surface area contributed by atoms with E-state index in [-0.39, 0.29) is 24.4 Å². The molecule has 1 saturated carbocycles. The first-order chi connectivity index (χ1) is 8.79. The zero-order chi connectivity index (χ0) is 12.5. The van der Waals surface area contributed by atoms with E-state index in [9.17, 15) is 4.79 Å². The molecule has 4 nitrogen and oxygen atoms in total. The molecule has 3 rings (SSSR count). The lowest BCUT2D eigenvalue weighted by Gasteiger charge is -2.23. The Hall–Kier alpha value is -1.68. The Kier molecular flexibility index (Phi) is 2.88. The number of Topliss-reactive ketones (excluding diaryl/α,β-unsaturated/α-hetero) is 1. The molecule has 2 unspecified atom stereocenters. The maximum Gasteiger partial charge on any atom is 0.186 e. The molecule has 1 N–H and O–H groups in total. The van der Waals surface area contributed by atoms with Gasteiger partial charge in [0.15, 0.2) is 6.79 Å². The van der Waals surface area contributed by atoms with Gasteiger partial charge in [-0.25, -0.2) is 0 Å². The lowest BCUT2D eigenvalue weighted by molar-refractivity contribution is -0.120. The van der Waals surface area contributed by atoms with Gasteiger partial charge in [0, 0.05) is 18.1 Å². The molecule has 0 aromatic carbocycles. The number of rotatable bonds is 2. The van der Waals surface area contributed by atoms with E-state index in [4.69, 9.17) is 9.84 Å². The van der Waals surface area contributed by atoms with E-state index in [0.29, 0.717) is 18.7 Å². The van der Waals surface area contributed by atoms with Crippen LogP contribution in [0.5, 0.6) is 0 Å². The number of hydrogen-bond acceptors (Lipinski definition) is 4. The van der Waals surface area contributed by atoms with Gasteiger partial charge in [-0.3, -0.25) is 9.79 Å². The van der Waals surface area contributed by atoms with Crippen LogP contribution in [0, 0.1) is 11.8 Å². The van der Waals surface area contributed by atoms with Crippen LogP contribution >= 0.6 is 0 Å². The van der Waals surface area contributed by atoms with Crippen molar-refractivity contribution in [2.24, 2.45) is 16.8 Å². The molecule has 0 aromatic heterocycles. The summed E-state index contributed by atoms with van der Waals surface area (Å²) in [7, 11) is 0. The number of nitrogens with zero attached hydrogens (tertiary/aromatic N) is 1. The van der Waals surface area contributed by atoms with Gasteiger partial charge in [0.25, 0.3) is 0 Å². The first-order valence-electron chi connectivity index (χ1n) is 6.19. The van der Waals surface area contributed by atoms with Gasteiger partial charge < -0.3 is 9.84 Å². The van der Waals surface area contributed by atoms with Crippen LogP contribution in [-0.2, 0) is 9.53 Å². The second-order valence-electron chi connectivity index (χ2n) is 4.68. The summed E-state index contributed by atoms with van der Waals surface area (Å²) in [4.78, 5) is 16.5. The Bertz CT molecular complexity index is 499. The van der Waals surface area contributed by atoms with E-state index in [1.807, 2.05) is 18.2 Å². The molecule has 0 aromatic rings. The van der Waals surface area contributed by atoms with Crippen LogP contribution in [-0.4, -0.2) is 29.9 Å². The standard InChI is InChI=1S/C14H15NO3/c16-8-18-10-2-1-9-5-6-15-12-3-4-13(17)14(12)11(9)7-10/h1-2,5,7,11,14,16H,3-4,6,8H2. The monoisotopic (exact) mass is 245 g/mol. The summed E-state index contributed by atoms with van der Waals surface area (Å²) >= 11 is 0. The van der Waals surface area contributed by atoms with Crippen molar-refractivity contribution in [1.29, 1.82) is 0 Å². The Morgan fingerprint density at radius 1 is 1.39 bits per heavy atom. The van der Waals surface area contributed by atoms with Crippen molar-refractivity contribution < 1.29 is 14.6 Å². The number of carbonyl (C=O) groups is 1. The molecule has 0 radical (unpaired) electrons. The Balaban J connectivity index is 1.97. The number of carbonyl (C=O) groups excluding carboxylic acids is 1. The molecule has 2 aliphatic carbocycles. The quantitative estimate of drug-likeness (QED) is 0.748. The van der Waals surface area contributed by atoms with Crippen molar-refractivity contribution in [2.45, 2.75) is 12.8 Å². The molecule has 94 valence electrons. The number of fused-ring (bicyclic) bond motifs is 3. The van der Waals surface area contributed by atoms with Gasteiger partial charge in [0.05, 0.1) is 12.5 Å². The molecule has 3 aliphatic rings. The van der Waals surface area contributed by atoms with Gasteiger partial charge in [-0.2, -0.15) is 0 Å². The van der Waals surface area contributed by atoms with Crippen molar-refractivity contribution in [3.63, 3.8) is 0 Å². The summed E-state index contributed by atoms with van der Waals surface area (Å²) in [6.07, 6.45) is 9.15. The zero-order valence-corrected chi connectivity index (χ0v) is 10.0. The maximum absolute atomic E-state index is 12.0. The minimum atomic E-state index is -0.346. The van der Waals surface area contributed by atoms with E-state index in [2.05, 4.69) is 11.1 Å². The third-order valence-electron chi connectivity index (χ3n) is 3.71. The topological polar surface area (TPSA) is 58.9 Å². The largest absolute Gasteiger partial charge is 0.468 e. The highest BCUT2D eigenvalue weighted by atomic mass is 16.6. The van der Waals surface area contributed by atoms with E-state index < -0.39 is 0 Å². The van der Waals surface area contributed by atoms with Gasteiger partial charge in [0.1, 0.15) is 11.5 Å². The predicted molar refractivity (Wildman–Crippen MR) is 67.0 cm³/mol. The molecule has 1 fully saturated rings. The van der Waals surface area contributed by atoms with Crippen molar-refractivity contribution in [2.75, 3.05) is 13.3 Å². The lowest BCUT2D eigenvalue weighted by Crippen LogP contribution is -2.25. The molecular weight excluding hydrogens is 230 g/mol. The van der Waals surface area contributed by atoms with Crippen molar-refractivity contribution in [3.05, 3.63) is 35.6 Å². The van der Waals surface area contributed by atoms with Crippen LogP contribution < -0.4 is 0 Å².